The minimum Gasteiger partial charge on any atom is -0.487 e. The molecule has 21 heavy (non-hydrogen) atoms. The molecule has 0 aliphatic heterocycles. The summed E-state index contributed by atoms with van der Waals surface area (Å²) in [5, 5.41) is 8.14. The summed E-state index contributed by atoms with van der Waals surface area (Å²) in [5.74, 6) is 0.493. The van der Waals surface area contributed by atoms with Crippen molar-refractivity contribution in [3.8, 4) is 5.75 Å². The van der Waals surface area contributed by atoms with Crippen molar-refractivity contribution < 1.29 is 13.2 Å². The van der Waals surface area contributed by atoms with Crippen LogP contribution < -0.4 is 10.1 Å². The van der Waals surface area contributed by atoms with Crippen LogP contribution in [0.1, 0.15) is 19.0 Å². The van der Waals surface area contributed by atoms with Gasteiger partial charge in [0.05, 0.1) is 4.90 Å². The summed E-state index contributed by atoms with van der Waals surface area (Å²) in [5.41, 5.74) is 0.721. The first-order valence-corrected chi connectivity index (χ1v) is 9.15. The highest BCUT2D eigenvalue weighted by Gasteiger charge is 2.10. The van der Waals surface area contributed by atoms with Crippen LogP contribution in [0.15, 0.2) is 29.2 Å². The standard InChI is InChI=1S/C13H17N3O3S2/c1-3-7-14-13-12(15-16-20-13)9-19-10-5-4-6-11(8-10)21(2,17)18/h4-6,8,14H,3,7,9H2,1-2H3. The second-order valence-corrected chi connectivity index (χ2v) is 7.28. The molecule has 0 spiro atoms. The molecule has 0 fully saturated rings. The van der Waals surface area contributed by atoms with Gasteiger partial charge in [-0.2, -0.15) is 0 Å². The number of anilines is 1. The van der Waals surface area contributed by atoms with E-state index in [-0.39, 0.29) is 11.5 Å². The maximum absolute atomic E-state index is 11.5. The summed E-state index contributed by atoms with van der Waals surface area (Å²) in [6.45, 7) is 3.17. The van der Waals surface area contributed by atoms with Gasteiger partial charge >= 0.3 is 0 Å². The van der Waals surface area contributed by atoms with Gasteiger partial charge in [0.15, 0.2) is 9.84 Å². The van der Waals surface area contributed by atoms with Crippen molar-refractivity contribution in [3.05, 3.63) is 30.0 Å². The zero-order valence-electron chi connectivity index (χ0n) is 11.9. The monoisotopic (exact) mass is 327 g/mol. The Hall–Kier alpha value is -1.67. The largest absolute Gasteiger partial charge is 0.487 e. The van der Waals surface area contributed by atoms with E-state index in [0.29, 0.717) is 5.75 Å². The van der Waals surface area contributed by atoms with E-state index in [1.807, 2.05) is 0 Å². The number of nitrogens with zero attached hydrogens (tertiary/aromatic N) is 2. The molecule has 1 aromatic carbocycles. The zero-order valence-corrected chi connectivity index (χ0v) is 13.5. The van der Waals surface area contributed by atoms with Crippen molar-refractivity contribution in [3.63, 3.8) is 0 Å². The van der Waals surface area contributed by atoms with Gasteiger partial charge < -0.3 is 10.1 Å². The van der Waals surface area contributed by atoms with Crippen LogP contribution in [0.3, 0.4) is 0 Å². The quantitative estimate of drug-likeness (QED) is 0.840. The van der Waals surface area contributed by atoms with Crippen LogP contribution in [0.25, 0.3) is 0 Å². The molecule has 6 nitrogen and oxygen atoms in total. The van der Waals surface area contributed by atoms with Crippen LogP contribution in [-0.2, 0) is 16.4 Å². The van der Waals surface area contributed by atoms with Crippen LogP contribution in [0.2, 0.25) is 0 Å². The molecule has 114 valence electrons. The molecule has 1 aromatic heterocycles. The molecule has 0 aliphatic carbocycles. The fourth-order valence-electron chi connectivity index (χ4n) is 1.62. The van der Waals surface area contributed by atoms with Gasteiger partial charge in [-0.25, -0.2) is 8.42 Å². The third-order valence-electron chi connectivity index (χ3n) is 2.70. The molecule has 2 aromatic rings. The van der Waals surface area contributed by atoms with E-state index in [0.717, 1.165) is 23.7 Å². The van der Waals surface area contributed by atoms with Crippen LogP contribution in [0.5, 0.6) is 5.75 Å². The summed E-state index contributed by atoms with van der Waals surface area (Å²) in [6, 6.07) is 6.42. The van der Waals surface area contributed by atoms with Crippen LogP contribution in [0, 0.1) is 0 Å². The van der Waals surface area contributed by atoms with Crippen molar-refractivity contribution in [1.82, 2.24) is 9.59 Å². The Kier molecular flexibility index (Phi) is 5.13. The molecule has 0 unspecified atom stereocenters. The number of ether oxygens (including phenoxy) is 1. The lowest BCUT2D eigenvalue weighted by molar-refractivity contribution is 0.301. The molecule has 1 N–H and O–H groups in total. The highest BCUT2D eigenvalue weighted by Crippen LogP contribution is 2.22. The number of sulfone groups is 1. The van der Waals surface area contributed by atoms with Crippen LogP contribution in [0.4, 0.5) is 5.00 Å². The Morgan fingerprint density at radius 3 is 2.90 bits per heavy atom. The number of rotatable bonds is 7. The molecule has 0 amide bonds. The maximum atomic E-state index is 11.5. The van der Waals surface area contributed by atoms with E-state index in [9.17, 15) is 8.42 Å². The minimum absolute atomic E-state index is 0.237. The van der Waals surface area contributed by atoms with E-state index < -0.39 is 9.84 Å². The van der Waals surface area contributed by atoms with Gasteiger partial charge in [-0.3, -0.25) is 0 Å². The average molecular weight is 327 g/mol. The molecular weight excluding hydrogens is 310 g/mol. The predicted octanol–water partition coefficient (Wildman–Crippen LogP) is 2.34. The summed E-state index contributed by atoms with van der Waals surface area (Å²) in [6.07, 6.45) is 2.18. The summed E-state index contributed by atoms with van der Waals surface area (Å²) in [7, 11) is -3.24. The Morgan fingerprint density at radius 2 is 2.19 bits per heavy atom. The maximum Gasteiger partial charge on any atom is 0.175 e. The van der Waals surface area contributed by atoms with Gasteiger partial charge in [0.25, 0.3) is 0 Å². The number of aromatic nitrogens is 2. The van der Waals surface area contributed by atoms with Crippen LogP contribution >= 0.6 is 11.5 Å². The second kappa shape index (κ2) is 6.86. The Bertz CT molecular complexity index is 698. The number of hydrogen-bond donors (Lipinski definition) is 1. The topological polar surface area (TPSA) is 81.2 Å². The molecule has 0 bridgehead atoms. The zero-order chi connectivity index (χ0) is 15.3. The van der Waals surface area contributed by atoms with Gasteiger partial charge in [0.2, 0.25) is 0 Å². The third-order valence-corrected chi connectivity index (χ3v) is 4.54. The Labute approximate surface area is 128 Å². The normalized spacial score (nSPS) is 11.3. The molecule has 0 radical (unpaired) electrons. The Balaban J connectivity index is 2.05. The first-order valence-electron chi connectivity index (χ1n) is 6.48. The first-order chi connectivity index (χ1) is 10.0. The molecule has 1 heterocycles. The van der Waals surface area contributed by atoms with Gasteiger partial charge in [-0.05, 0) is 24.6 Å². The lowest BCUT2D eigenvalue weighted by atomic mass is 10.3. The molecule has 0 atom stereocenters. The smallest absolute Gasteiger partial charge is 0.175 e. The molecule has 0 saturated heterocycles. The molecule has 8 heteroatoms. The van der Waals surface area contributed by atoms with Crippen molar-refractivity contribution in [2.45, 2.75) is 24.8 Å². The lowest BCUT2D eigenvalue weighted by Crippen LogP contribution is -2.04. The van der Waals surface area contributed by atoms with E-state index in [2.05, 4.69) is 21.8 Å². The van der Waals surface area contributed by atoms with Gasteiger partial charge in [-0.1, -0.05) is 17.5 Å². The fourth-order valence-corrected chi connectivity index (χ4v) is 2.87. The number of nitrogens with one attached hydrogen (secondary N) is 1. The summed E-state index contributed by atoms with van der Waals surface area (Å²) < 4.78 is 32.5. The van der Waals surface area contributed by atoms with Gasteiger partial charge in [0, 0.05) is 24.3 Å². The summed E-state index contributed by atoms with van der Waals surface area (Å²) in [4.78, 5) is 0.237. The SMILES string of the molecule is CCCNc1snnc1COc1cccc(S(C)(=O)=O)c1. The average Bonchev–Trinajstić information content (AvgIpc) is 2.90. The van der Waals surface area contributed by atoms with Crippen molar-refractivity contribution in [1.29, 1.82) is 0 Å². The minimum atomic E-state index is -3.24. The molecular formula is C13H17N3O3S2. The van der Waals surface area contributed by atoms with Crippen molar-refractivity contribution in [2.75, 3.05) is 18.1 Å². The third kappa shape index (κ3) is 4.40. The van der Waals surface area contributed by atoms with E-state index >= 15 is 0 Å². The van der Waals surface area contributed by atoms with E-state index in [1.165, 1.54) is 23.9 Å². The van der Waals surface area contributed by atoms with Gasteiger partial charge in [0.1, 0.15) is 23.1 Å². The van der Waals surface area contributed by atoms with Crippen LogP contribution in [-0.4, -0.2) is 30.8 Å². The van der Waals surface area contributed by atoms with E-state index in [4.69, 9.17) is 4.74 Å². The van der Waals surface area contributed by atoms with Crippen molar-refractivity contribution >= 4 is 26.4 Å². The molecule has 0 saturated carbocycles. The molecule has 2 rings (SSSR count). The number of hydrogen-bond acceptors (Lipinski definition) is 7. The fraction of sp³-hybridized carbons (Fsp3) is 0.385. The molecule has 0 aliphatic rings. The van der Waals surface area contributed by atoms with Crippen molar-refractivity contribution in [2.24, 2.45) is 0 Å². The Morgan fingerprint density at radius 1 is 1.38 bits per heavy atom. The van der Waals surface area contributed by atoms with E-state index in [1.54, 1.807) is 18.2 Å². The lowest BCUT2D eigenvalue weighted by Gasteiger charge is -2.07. The highest BCUT2D eigenvalue weighted by atomic mass is 32.2. The first kappa shape index (κ1) is 15.7. The highest BCUT2D eigenvalue weighted by molar-refractivity contribution is 7.90. The predicted molar refractivity (Wildman–Crippen MR) is 82.6 cm³/mol. The van der Waals surface area contributed by atoms with Gasteiger partial charge in [-0.15, -0.1) is 5.10 Å². The second-order valence-electron chi connectivity index (χ2n) is 4.51. The summed E-state index contributed by atoms with van der Waals surface area (Å²) >= 11 is 1.28. The number of benzene rings is 1.